The van der Waals surface area contributed by atoms with Crippen molar-refractivity contribution < 1.29 is 9.53 Å². The lowest BCUT2D eigenvalue weighted by Crippen LogP contribution is -2.38. The highest BCUT2D eigenvalue weighted by atomic mass is 16.5. The second kappa shape index (κ2) is 6.08. The van der Waals surface area contributed by atoms with Crippen molar-refractivity contribution in [2.75, 3.05) is 40.8 Å². The number of hydrogen-bond acceptors (Lipinski definition) is 4. The second-order valence-electron chi connectivity index (χ2n) is 4.37. The van der Waals surface area contributed by atoms with Crippen molar-refractivity contribution >= 4 is 5.97 Å². The minimum absolute atomic E-state index is 0.0113. The van der Waals surface area contributed by atoms with Gasteiger partial charge in [-0.05, 0) is 46.4 Å². The molecule has 1 aliphatic rings. The van der Waals surface area contributed by atoms with Gasteiger partial charge in [0, 0.05) is 6.54 Å². The number of carbonyl (C=O) groups excluding carboxylic acids is 1. The van der Waals surface area contributed by atoms with Crippen LogP contribution in [0.4, 0.5) is 0 Å². The number of nitrogens with zero attached hydrogens (tertiary/aromatic N) is 2. The Hall–Kier alpha value is -0.610. The summed E-state index contributed by atoms with van der Waals surface area (Å²) in [6.45, 7) is 3.11. The van der Waals surface area contributed by atoms with Crippen LogP contribution in [0.25, 0.3) is 0 Å². The van der Waals surface area contributed by atoms with Gasteiger partial charge >= 0.3 is 5.97 Å². The van der Waals surface area contributed by atoms with E-state index in [0.29, 0.717) is 0 Å². The Kier molecular flexibility index (Phi) is 5.05. The standard InChI is InChI=1S/C11H22N2O2/c1-12(2)7-5-9-13-8-4-6-10(13)11(14)15-3/h10H,4-9H2,1-3H3. The fourth-order valence-electron chi connectivity index (χ4n) is 2.09. The van der Waals surface area contributed by atoms with Crippen molar-refractivity contribution in [3.8, 4) is 0 Å². The molecule has 1 heterocycles. The molecule has 0 aromatic heterocycles. The molecule has 1 saturated heterocycles. The summed E-state index contributed by atoms with van der Waals surface area (Å²) in [6, 6.07) is 0.0113. The minimum atomic E-state index is -0.0719. The van der Waals surface area contributed by atoms with Crippen molar-refractivity contribution in [1.82, 2.24) is 9.80 Å². The molecule has 1 fully saturated rings. The van der Waals surface area contributed by atoms with E-state index >= 15 is 0 Å². The van der Waals surface area contributed by atoms with Gasteiger partial charge in [0.25, 0.3) is 0 Å². The molecule has 1 rings (SSSR count). The lowest BCUT2D eigenvalue weighted by Gasteiger charge is -2.22. The molecular formula is C11H22N2O2. The molecule has 88 valence electrons. The molecule has 0 radical (unpaired) electrons. The highest BCUT2D eigenvalue weighted by Gasteiger charge is 2.30. The van der Waals surface area contributed by atoms with E-state index in [1.54, 1.807) is 0 Å². The Bertz CT molecular complexity index is 207. The fraction of sp³-hybridized carbons (Fsp3) is 0.909. The molecule has 0 aliphatic carbocycles. The average molecular weight is 214 g/mol. The first kappa shape index (κ1) is 12.5. The van der Waals surface area contributed by atoms with E-state index in [2.05, 4.69) is 23.9 Å². The Morgan fingerprint density at radius 3 is 2.87 bits per heavy atom. The molecule has 4 heteroatoms. The van der Waals surface area contributed by atoms with Gasteiger partial charge in [0.2, 0.25) is 0 Å². The van der Waals surface area contributed by atoms with Crippen molar-refractivity contribution in [2.24, 2.45) is 0 Å². The van der Waals surface area contributed by atoms with Crippen LogP contribution in [0.2, 0.25) is 0 Å². The number of ether oxygens (including phenoxy) is 1. The molecule has 0 aromatic rings. The smallest absolute Gasteiger partial charge is 0.323 e. The van der Waals surface area contributed by atoms with E-state index in [4.69, 9.17) is 4.74 Å². The van der Waals surface area contributed by atoms with Crippen LogP contribution in [0, 0.1) is 0 Å². The zero-order chi connectivity index (χ0) is 11.3. The van der Waals surface area contributed by atoms with Gasteiger partial charge in [-0.15, -0.1) is 0 Å². The number of hydrogen-bond donors (Lipinski definition) is 0. The highest BCUT2D eigenvalue weighted by Crippen LogP contribution is 2.18. The van der Waals surface area contributed by atoms with Crippen LogP contribution in [0.1, 0.15) is 19.3 Å². The zero-order valence-electron chi connectivity index (χ0n) is 10.0. The van der Waals surface area contributed by atoms with Crippen molar-refractivity contribution in [1.29, 1.82) is 0 Å². The zero-order valence-corrected chi connectivity index (χ0v) is 10.0. The van der Waals surface area contributed by atoms with Gasteiger partial charge in [-0.25, -0.2) is 0 Å². The van der Waals surface area contributed by atoms with E-state index in [9.17, 15) is 4.79 Å². The van der Waals surface area contributed by atoms with Gasteiger partial charge in [-0.2, -0.15) is 0 Å². The number of likely N-dealkylation sites (tertiary alicyclic amines) is 1. The first-order chi connectivity index (χ1) is 7.15. The summed E-state index contributed by atoms with van der Waals surface area (Å²) >= 11 is 0. The maximum atomic E-state index is 11.4. The summed E-state index contributed by atoms with van der Waals surface area (Å²) in [5.41, 5.74) is 0. The summed E-state index contributed by atoms with van der Waals surface area (Å²) in [6.07, 6.45) is 3.18. The molecular weight excluding hydrogens is 192 g/mol. The minimum Gasteiger partial charge on any atom is -0.468 e. The highest BCUT2D eigenvalue weighted by molar-refractivity contribution is 5.75. The largest absolute Gasteiger partial charge is 0.468 e. The summed E-state index contributed by atoms with van der Waals surface area (Å²) in [4.78, 5) is 15.9. The first-order valence-corrected chi connectivity index (χ1v) is 5.61. The predicted octanol–water partition coefficient (Wildman–Crippen LogP) is 0.575. The topological polar surface area (TPSA) is 32.8 Å². The van der Waals surface area contributed by atoms with E-state index in [-0.39, 0.29) is 12.0 Å². The van der Waals surface area contributed by atoms with Gasteiger partial charge in [-0.1, -0.05) is 0 Å². The quantitative estimate of drug-likeness (QED) is 0.627. The van der Waals surface area contributed by atoms with E-state index in [0.717, 1.165) is 38.9 Å². The third-order valence-corrected chi connectivity index (χ3v) is 2.89. The maximum Gasteiger partial charge on any atom is 0.323 e. The SMILES string of the molecule is COC(=O)C1CCCN1CCCN(C)C. The van der Waals surface area contributed by atoms with Crippen LogP contribution in [0.5, 0.6) is 0 Å². The first-order valence-electron chi connectivity index (χ1n) is 5.61. The monoisotopic (exact) mass is 214 g/mol. The Balaban J connectivity index is 2.30. The second-order valence-corrected chi connectivity index (χ2v) is 4.37. The molecule has 1 atom stereocenters. The molecule has 1 aliphatic heterocycles. The normalized spacial score (nSPS) is 22.3. The summed E-state index contributed by atoms with van der Waals surface area (Å²) in [7, 11) is 5.61. The van der Waals surface area contributed by atoms with E-state index in [1.165, 1.54) is 7.11 Å². The van der Waals surface area contributed by atoms with Crippen LogP contribution >= 0.6 is 0 Å². The third kappa shape index (κ3) is 3.80. The molecule has 1 unspecified atom stereocenters. The summed E-state index contributed by atoms with van der Waals surface area (Å²) in [5.74, 6) is -0.0719. The van der Waals surface area contributed by atoms with E-state index < -0.39 is 0 Å². The van der Waals surface area contributed by atoms with Crippen molar-refractivity contribution in [3.63, 3.8) is 0 Å². The van der Waals surface area contributed by atoms with Crippen LogP contribution in [0.15, 0.2) is 0 Å². The summed E-state index contributed by atoms with van der Waals surface area (Å²) in [5, 5.41) is 0. The Morgan fingerprint density at radius 2 is 2.27 bits per heavy atom. The molecule has 15 heavy (non-hydrogen) atoms. The number of rotatable bonds is 5. The van der Waals surface area contributed by atoms with Gasteiger partial charge in [-0.3, -0.25) is 9.69 Å². The fourth-order valence-corrected chi connectivity index (χ4v) is 2.09. The molecule has 0 spiro atoms. The average Bonchev–Trinajstić information content (AvgIpc) is 2.64. The van der Waals surface area contributed by atoms with Crippen molar-refractivity contribution in [2.45, 2.75) is 25.3 Å². The van der Waals surface area contributed by atoms with Crippen molar-refractivity contribution in [3.05, 3.63) is 0 Å². The van der Waals surface area contributed by atoms with Crippen LogP contribution in [-0.2, 0) is 9.53 Å². The predicted molar refractivity (Wildman–Crippen MR) is 59.8 cm³/mol. The molecule has 0 aromatic carbocycles. The Morgan fingerprint density at radius 1 is 1.53 bits per heavy atom. The van der Waals surface area contributed by atoms with Gasteiger partial charge in [0.1, 0.15) is 6.04 Å². The van der Waals surface area contributed by atoms with Gasteiger partial charge < -0.3 is 9.64 Å². The molecule has 0 saturated carbocycles. The van der Waals surface area contributed by atoms with Crippen LogP contribution in [0.3, 0.4) is 0 Å². The molecule has 0 N–H and O–H groups in total. The number of methoxy groups -OCH3 is 1. The van der Waals surface area contributed by atoms with E-state index in [1.807, 2.05) is 0 Å². The van der Waals surface area contributed by atoms with Gasteiger partial charge in [0.15, 0.2) is 0 Å². The lowest BCUT2D eigenvalue weighted by atomic mass is 10.2. The third-order valence-electron chi connectivity index (χ3n) is 2.89. The maximum absolute atomic E-state index is 11.4. The van der Waals surface area contributed by atoms with Gasteiger partial charge in [0.05, 0.1) is 7.11 Å². The molecule has 0 amide bonds. The molecule has 4 nitrogen and oxygen atoms in total. The Labute approximate surface area is 92.2 Å². The lowest BCUT2D eigenvalue weighted by molar-refractivity contribution is -0.145. The van der Waals surface area contributed by atoms with Crippen LogP contribution < -0.4 is 0 Å². The number of carbonyl (C=O) groups is 1. The summed E-state index contributed by atoms with van der Waals surface area (Å²) < 4.78 is 4.80. The molecule has 0 bridgehead atoms. The van der Waals surface area contributed by atoms with Crippen LogP contribution in [-0.4, -0.2) is 62.7 Å². The number of esters is 1.